The summed E-state index contributed by atoms with van der Waals surface area (Å²) in [4.78, 5) is 12.0. The van der Waals surface area contributed by atoms with E-state index in [4.69, 9.17) is 4.42 Å². The molecule has 0 atom stereocenters. The van der Waals surface area contributed by atoms with Crippen molar-refractivity contribution in [3.05, 3.63) is 45.9 Å². The van der Waals surface area contributed by atoms with Gasteiger partial charge in [0.05, 0.1) is 4.88 Å². The summed E-state index contributed by atoms with van der Waals surface area (Å²) in [6.07, 6.45) is 0. The van der Waals surface area contributed by atoms with E-state index < -0.39 is 0 Å². The first-order chi connectivity index (χ1) is 6.83. The van der Waals surface area contributed by atoms with Crippen molar-refractivity contribution in [2.24, 2.45) is 0 Å². The van der Waals surface area contributed by atoms with Crippen molar-refractivity contribution in [3.63, 3.8) is 0 Å². The highest BCUT2D eigenvalue weighted by molar-refractivity contribution is 7.13. The highest BCUT2D eigenvalue weighted by atomic mass is 32.1. The number of hydrogen-bond donors (Lipinski definition) is 0. The smallest absolute Gasteiger partial charge is 0.236 e. The van der Waals surface area contributed by atoms with Crippen LogP contribution in [0.2, 0.25) is 0 Å². The van der Waals surface area contributed by atoms with E-state index in [1.165, 1.54) is 17.4 Å². The van der Waals surface area contributed by atoms with E-state index >= 15 is 0 Å². The Hall–Kier alpha value is -1.61. The molecule has 2 nitrogen and oxygen atoms in total. The Kier molecular flexibility index (Phi) is 1.49. The van der Waals surface area contributed by atoms with Gasteiger partial charge in [0.1, 0.15) is 11.3 Å². The molecule has 0 saturated carbocycles. The quantitative estimate of drug-likeness (QED) is 0.561. The van der Waals surface area contributed by atoms with E-state index in [2.05, 4.69) is 0 Å². The molecule has 0 bridgehead atoms. The summed E-state index contributed by atoms with van der Waals surface area (Å²) < 4.78 is 5.62. The SMILES string of the molecule is O=c1cc2oc3ccccc3cc-2s1. The van der Waals surface area contributed by atoms with Gasteiger partial charge < -0.3 is 4.42 Å². The van der Waals surface area contributed by atoms with Gasteiger partial charge in [-0.25, -0.2) is 0 Å². The van der Waals surface area contributed by atoms with Crippen LogP contribution in [0.1, 0.15) is 0 Å². The van der Waals surface area contributed by atoms with E-state index in [-0.39, 0.29) is 4.74 Å². The van der Waals surface area contributed by atoms with Gasteiger partial charge in [0.15, 0.2) is 0 Å². The predicted molar refractivity (Wildman–Crippen MR) is 57.0 cm³/mol. The third kappa shape index (κ3) is 1.06. The van der Waals surface area contributed by atoms with Gasteiger partial charge in [-0.3, -0.25) is 4.79 Å². The number of hydrogen-bond acceptors (Lipinski definition) is 3. The van der Waals surface area contributed by atoms with Crippen molar-refractivity contribution in [1.82, 2.24) is 0 Å². The van der Waals surface area contributed by atoms with Gasteiger partial charge >= 0.3 is 0 Å². The fourth-order valence-corrected chi connectivity index (χ4v) is 2.27. The van der Waals surface area contributed by atoms with Gasteiger partial charge in [-0.15, -0.1) is 0 Å². The molecule has 1 aromatic carbocycles. The van der Waals surface area contributed by atoms with Gasteiger partial charge in [-0.2, -0.15) is 0 Å². The summed E-state index contributed by atoms with van der Waals surface area (Å²) in [6, 6.07) is 11.3. The average Bonchev–Trinajstić information content (AvgIpc) is 2.53. The molecule has 2 aliphatic heterocycles. The molecular formula is C11H6O2S. The number of rotatable bonds is 0. The number of benzene rings is 1. The van der Waals surface area contributed by atoms with Crippen LogP contribution in [0.4, 0.5) is 0 Å². The molecule has 0 N–H and O–H groups in total. The second kappa shape index (κ2) is 2.69. The van der Waals surface area contributed by atoms with Crippen molar-refractivity contribution < 1.29 is 4.42 Å². The molecule has 1 aromatic rings. The third-order valence-corrected chi connectivity index (χ3v) is 2.99. The van der Waals surface area contributed by atoms with E-state index in [9.17, 15) is 4.79 Å². The van der Waals surface area contributed by atoms with Crippen LogP contribution in [0.25, 0.3) is 21.6 Å². The molecular weight excluding hydrogens is 196 g/mol. The number of fused-ring (bicyclic) bond motifs is 2. The maximum absolute atomic E-state index is 11.1. The first-order valence-corrected chi connectivity index (χ1v) is 5.07. The van der Waals surface area contributed by atoms with E-state index in [0.29, 0.717) is 5.76 Å². The predicted octanol–water partition coefficient (Wildman–Crippen LogP) is 2.96. The Morgan fingerprint density at radius 3 is 2.93 bits per heavy atom. The molecule has 3 rings (SSSR count). The average molecular weight is 202 g/mol. The topological polar surface area (TPSA) is 30.2 Å². The van der Waals surface area contributed by atoms with E-state index in [1.807, 2.05) is 30.3 Å². The normalized spacial score (nSPS) is 11.1. The van der Waals surface area contributed by atoms with Crippen molar-refractivity contribution >= 4 is 22.3 Å². The highest BCUT2D eigenvalue weighted by Gasteiger charge is 2.09. The zero-order chi connectivity index (χ0) is 9.54. The van der Waals surface area contributed by atoms with Gasteiger partial charge in [0.25, 0.3) is 0 Å². The van der Waals surface area contributed by atoms with Gasteiger partial charge in [0, 0.05) is 11.5 Å². The van der Waals surface area contributed by atoms with E-state index in [0.717, 1.165) is 15.8 Å². The molecule has 0 aliphatic carbocycles. The lowest BCUT2D eigenvalue weighted by Gasteiger charge is -2.00. The molecule has 0 amide bonds. The molecule has 0 saturated heterocycles. The van der Waals surface area contributed by atoms with Crippen LogP contribution >= 0.6 is 11.3 Å². The lowest BCUT2D eigenvalue weighted by atomic mass is 10.2. The van der Waals surface area contributed by atoms with Crippen LogP contribution in [-0.2, 0) is 0 Å². The lowest BCUT2D eigenvalue weighted by molar-refractivity contribution is 0.622. The van der Waals surface area contributed by atoms with Crippen LogP contribution in [-0.4, -0.2) is 0 Å². The van der Waals surface area contributed by atoms with Gasteiger partial charge in [-0.1, -0.05) is 29.5 Å². The van der Waals surface area contributed by atoms with Gasteiger partial charge in [0.2, 0.25) is 4.74 Å². The minimum absolute atomic E-state index is 0.0408. The molecule has 0 spiro atoms. The summed E-state index contributed by atoms with van der Waals surface area (Å²) in [5, 5.41) is 1.03. The fraction of sp³-hybridized carbons (Fsp3) is 0. The molecule has 0 radical (unpaired) electrons. The summed E-state index contributed by atoms with van der Waals surface area (Å²) in [6.45, 7) is 0. The Morgan fingerprint density at radius 2 is 2.00 bits per heavy atom. The Bertz CT molecular complexity index is 568. The molecule has 0 fully saturated rings. The zero-order valence-electron chi connectivity index (χ0n) is 7.19. The van der Waals surface area contributed by atoms with Gasteiger partial charge in [-0.05, 0) is 12.1 Å². The van der Waals surface area contributed by atoms with Crippen molar-refractivity contribution in [3.8, 4) is 10.6 Å². The minimum atomic E-state index is 0.0408. The summed E-state index contributed by atoms with van der Waals surface area (Å²) in [5.74, 6) is 0.679. The Morgan fingerprint density at radius 1 is 1.14 bits per heavy atom. The van der Waals surface area contributed by atoms with E-state index in [1.54, 1.807) is 0 Å². The van der Waals surface area contributed by atoms with Crippen molar-refractivity contribution in [2.75, 3.05) is 0 Å². The number of thiophene rings is 1. The summed E-state index contributed by atoms with van der Waals surface area (Å²) in [7, 11) is 0. The second-order valence-electron chi connectivity index (χ2n) is 3.08. The number of para-hydroxylation sites is 1. The molecule has 0 unspecified atom stereocenters. The molecule has 14 heavy (non-hydrogen) atoms. The van der Waals surface area contributed by atoms with Crippen LogP contribution in [0, 0.1) is 0 Å². The zero-order valence-corrected chi connectivity index (χ0v) is 8.01. The monoisotopic (exact) mass is 202 g/mol. The largest absolute Gasteiger partial charge is 0.455 e. The summed E-state index contributed by atoms with van der Waals surface area (Å²) in [5.41, 5.74) is 0.817. The maximum atomic E-state index is 11.1. The van der Waals surface area contributed by atoms with Crippen LogP contribution in [0.3, 0.4) is 0 Å². The molecule has 2 aliphatic rings. The van der Waals surface area contributed by atoms with Crippen LogP contribution in [0.15, 0.2) is 45.6 Å². The Labute approximate surface area is 83.8 Å². The standard InChI is InChI=1S/C11H6O2S/c12-11-6-9-10(14-11)5-7-3-1-2-4-8(7)13-9/h1-6H. The molecule has 68 valence electrons. The molecule has 3 heteroatoms. The molecule has 0 aromatic heterocycles. The fourth-order valence-electron chi connectivity index (χ4n) is 1.50. The minimum Gasteiger partial charge on any atom is -0.455 e. The second-order valence-corrected chi connectivity index (χ2v) is 4.12. The maximum Gasteiger partial charge on any atom is 0.236 e. The first kappa shape index (κ1) is 7.76. The van der Waals surface area contributed by atoms with Crippen molar-refractivity contribution in [2.45, 2.75) is 0 Å². The lowest BCUT2D eigenvalue weighted by Crippen LogP contribution is -1.79. The van der Waals surface area contributed by atoms with Crippen molar-refractivity contribution in [1.29, 1.82) is 0 Å². The third-order valence-electron chi connectivity index (χ3n) is 2.13. The first-order valence-electron chi connectivity index (χ1n) is 4.25. The molecule has 2 heterocycles. The van der Waals surface area contributed by atoms with Crippen LogP contribution < -0.4 is 4.74 Å². The highest BCUT2D eigenvalue weighted by Crippen LogP contribution is 2.29. The van der Waals surface area contributed by atoms with Crippen LogP contribution in [0.5, 0.6) is 0 Å². The summed E-state index contributed by atoms with van der Waals surface area (Å²) >= 11 is 1.22. The Balaban J connectivity index is 2.53.